The molecule has 0 aromatic rings. The Balaban J connectivity index is 4.55. The van der Waals surface area contributed by atoms with E-state index in [1.165, 1.54) is 0 Å². The number of aldehydes is 1. The van der Waals surface area contributed by atoms with E-state index >= 15 is 0 Å². The molecular weight excluding hydrogens is 232 g/mol. The minimum atomic E-state index is -0.721. The fourth-order valence-electron chi connectivity index (χ4n) is 1.88. The van der Waals surface area contributed by atoms with Crippen LogP contribution < -0.4 is 0 Å². The van der Waals surface area contributed by atoms with Gasteiger partial charge in [0.15, 0.2) is 0 Å². The highest BCUT2D eigenvalue weighted by molar-refractivity contribution is 5.50. The van der Waals surface area contributed by atoms with Crippen molar-refractivity contribution in [2.75, 3.05) is 0 Å². The van der Waals surface area contributed by atoms with Crippen molar-refractivity contribution in [1.82, 2.24) is 0 Å². The van der Waals surface area contributed by atoms with Crippen molar-refractivity contribution in [2.45, 2.75) is 72.2 Å². The van der Waals surface area contributed by atoms with E-state index in [0.29, 0.717) is 19.1 Å². The van der Waals surface area contributed by atoms with E-state index in [1.54, 1.807) is 6.92 Å². The van der Waals surface area contributed by atoms with Crippen LogP contribution in [0.4, 0.5) is 0 Å². The van der Waals surface area contributed by atoms with E-state index < -0.39 is 23.7 Å². The Hall–Kier alpha value is -0.450. The first-order valence-electron chi connectivity index (χ1n) is 6.51. The molecule has 3 N–H and O–H groups in total. The molecule has 0 heterocycles. The van der Waals surface area contributed by atoms with Crippen LogP contribution in [0.2, 0.25) is 0 Å². The van der Waals surface area contributed by atoms with Crippen LogP contribution in [0, 0.1) is 10.8 Å². The van der Waals surface area contributed by atoms with E-state index in [4.69, 9.17) is 0 Å². The molecule has 3 atom stereocenters. The molecule has 0 aromatic carbocycles. The van der Waals surface area contributed by atoms with Crippen LogP contribution in [-0.2, 0) is 4.79 Å². The lowest BCUT2D eigenvalue weighted by Gasteiger charge is -2.38. The van der Waals surface area contributed by atoms with Gasteiger partial charge in [0.2, 0.25) is 0 Å². The van der Waals surface area contributed by atoms with E-state index in [2.05, 4.69) is 0 Å². The number of carbonyl (C=O) groups is 1. The minimum absolute atomic E-state index is 0.0932. The van der Waals surface area contributed by atoms with Gasteiger partial charge in [-0.2, -0.15) is 0 Å². The summed E-state index contributed by atoms with van der Waals surface area (Å²) in [4.78, 5) is 10.3. The summed E-state index contributed by atoms with van der Waals surface area (Å²) in [7, 11) is 0. The molecule has 4 heteroatoms. The summed E-state index contributed by atoms with van der Waals surface area (Å²) in [6.45, 7) is 9.24. The van der Waals surface area contributed by atoms with Crippen molar-refractivity contribution in [3.8, 4) is 0 Å². The molecule has 108 valence electrons. The van der Waals surface area contributed by atoms with Crippen molar-refractivity contribution in [3.05, 3.63) is 0 Å². The third kappa shape index (κ3) is 5.46. The molecule has 0 aliphatic carbocycles. The van der Waals surface area contributed by atoms with Crippen LogP contribution in [0.3, 0.4) is 0 Å². The van der Waals surface area contributed by atoms with E-state index in [-0.39, 0.29) is 11.8 Å². The average Bonchev–Trinajstić information content (AvgIpc) is 2.15. The first kappa shape index (κ1) is 17.6. The number of carbonyl (C=O) groups excluding carboxylic acids is 1. The fraction of sp³-hybridized carbons (Fsp3) is 0.929. The second-order valence-corrected chi connectivity index (χ2v) is 6.63. The first-order chi connectivity index (χ1) is 8.03. The Morgan fingerprint density at radius 1 is 1.00 bits per heavy atom. The second-order valence-electron chi connectivity index (χ2n) is 6.63. The molecule has 0 spiro atoms. The number of hydrogen-bond acceptors (Lipinski definition) is 4. The zero-order valence-electron chi connectivity index (χ0n) is 12.2. The summed E-state index contributed by atoms with van der Waals surface area (Å²) < 4.78 is 0. The van der Waals surface area contributed by atoms with Crippen molar-refractivity contribution in [2.24, 2.45) is 10.8 Å². The van der Waals surface area contributed by atoms with Gasteiger partial charge in [-0.1, -0.05) is 27.7 Å². The summed E-state index contributed by atoms with van der Waals surface area (Å²) in [5.41, 5.74) is -0.874. The summed E-state index contributed by atoms with van der Waals surface area (Å²) in [5, 5.41) is 29.6. The Labute approximate surface area is 110 Å². The zero-order chi connectivity index (χ0) is 14.6. The maximum atomic E-state index is 10.3. The fourth-order valence-corrected chi connectivity index (χ4v) is 1.88. The highest BCUT2D eigenvalue weighted by atomic mass is 16.3. The second kappa shape index (κ2) is 6.64. The summed E-state index contributed by atoms with van der Waals surface area (Å²) in [6, 6.07) is 0. The normalized spacial score (nSPS) is 18.2. The van der Waals surface area contributed by atoms with Crippen molar-refractivity contribution in [3.63, 3.8) is 0 Å². The van der Waals surface area contributed by atoms with Gasteiger partial charge in [-0.25, -0.2) is 0 Å². The van der Waals surface area contributed by atoms with Gasteiger partial charge in [0, 0.05) is 6.42 Å². The van der Waals surface area contributed by atoms with Gasteiger partial charge >= 0.3 is 0 Å². The Morgan fingerprint density at radius 3 is 1.89 bits per heavy atom. The third-order valence-corrected chi connectivity index (χ3v) is 3.88. The molecule has 0 fully saturated rings. The largest absolute Gasteiger partial charge is 0.393 e. The summed E-state index contributed by atoms with van der Waals surface area (Å²) in [5.74, 6) is 0. The van der Waals surface area contributed by atoms with Crippen molar-refractivity contribution >= 4 is 6.29 Å². The Kier molecular flexibility index (Phi) is 6.47. The maximum absolute atomic E-state index is 10.3. The Morgan fingerprint density at radius 2 is 1.50 bits per heavy atom. The molecule has 0 amide bonds. The zero-order valence-corrected chi connectivity index (χ0v) is 12.2. The van der Waals surface area contributed by atoms with Crippen LogP contribution in [0.15, 0.2) is 0 Å². The first-order valence-corrected chi connectivity index (χ1v) is 6.51. The third-order valence-electron chi connectivity index (χ3n) is 3.88. The SMILES string of the molecule is CC(O)C(C)(C)CC(O)C(C)(C)CC(O)CC=O. The number of aliphatic hydroxyl groups is 3. The molecule has 0 aliphatic rings. The molecule has 0 radical (unpaired) electrons. The minimum Gasteiger partial charge on any atom is -0.393 e. The molecule has 3 unspecified atom stereocenters. The van der Waals surface area contributed by atoms with Crippen molar-refractivity contribution in [1.29, 1.82) is 0 Å². The van der Waals surface area contributed by atoms with Gasteiger partial charge in [-0.3, -0.25) is 0 Å². The molecule has 4 nitrogen and oxygen atoms in total. The quantitative estimate of drug-likeness (QED) is 0.578. The summed E-state index contributed by atoms with van der Waals surface area (Å²) >= 11 is 0. The molecule has 0 rings (SSSR count). The topological polar surface area (TPSA) is 77.8 Å². The predicted octanol–water partition coefficient (Wildman–Crippen LogP) is 1.51. The Bertz CT molecular complexity index is 259. The standard InChI is InChI=1S/C14H28O4/c1-10(16)13(2,3)9-12(18)14(4,5)8-11(17)6-7-15/h7,10-12,16-18H,6,8-9H2,1-5H3. The highest BCUT2D eigenvalue weighted by Gasteiger charge is 2.36. The number of hydrogen-bond donors (Lipinski definition) is 3. The molecule has 0 aliphatic heterocycles. The van der Waals surface area contributed by atoms with Crippen LogP contribution >= 0.6 is 0 Å². The molecular formula is C14H28O4. The molecule has 0 bridgehead atoms. The van der Waals surface area contributed by atoms with E-state index in [0.717, 1.165) is 0 Å². The van der Waals surface area contributed by atoms with Crippen LogP contribution in [0.5, 0.6) is 0 Å². The van der Waals surface area contributed by atoms with Gasteiger partial charge in [-0.05, 0) is 30.6 Å². The van der Waals surface area contributed by atoms with Gasteiger partial charge in [0.05, 0.1) is 18.3 Å². The van der Waals surface area contributed by atoms with Crippen LogP contribution in [0.25, 0.3) is 0 Å². The molecule has 0 saturated heterocycles. The van der Waals surface area contributed by atoms with E-state index in [9.17, 15) is 20.1 Å². The highest BCUT2D eigenvalue weighted by Crippen LogP contribution is 2.36. The maximum Gasteiger partial charge on any atom is 0.122 e. The number of aliphatic hydroxyl groups excluding tert-OH is 3. The smallest absolute Gasteiger partial charge is 0.122 e. The molecule has 0 aromatic heterocycles. The predicted molar refractivity (Wildman–Crippen MR) is 71.2 cm³/mol. The van der Waals surface area contributed by atoms with Gasteiger partial charge in [0.1, 0.15) is 6.29 Å². The molecule has 0 saturated carbocycles. The van der Waals surface area contributed by atoms with Gasteiger partial charge in [-0.15, -0.1) is 0 Å². The van der Waals surface area contributed by atoms with Gasteiger partial charge in [0.25, 0.3) is 0 Å². The molecule has 18 heavy (non-hydrogen) atoms. The lowest BCUT2D eigenvalue weighted by atomic mass is 9.72. The monoisotopic (exact) mass is 260 g/mol. The average molecular weight is 260 g/mol. The van der Waals surface area contributed by atoms with Crippen LogP contribution in [-0.4, -0.2) is 39.9 Å². The van der Waals surface area contributed by atoms with Crippen LogP contribution in [0.1, 0.15) is 53.9 Å². The summed E-state index contributed by atoms with van der Waals surface area (Å²) in [6.07, 6.45) is -0.273. The lowest BCUT2D eigenvalue weighted by Crippen LogP contribution is -2.39. The lowest BCUT2D eigenvalue weighted by molar-refractivity contribution is -0.110. The van der Waals surface area contributed by atoms with Gasteiger partial charge < -0.3 is 20.1 Å². The van der Waals surface area contributed by atoms with Crippen molar-refractivity contribution < 1.29 is 20.1 Å². The van der Waals surface area contributed by atoms with E-state index in [1.807, 2.05) is 27.7 Å². The number of rotatable bonds is 8.